The molecule has 2 heterocycles. The summed E-state index contributed by atoms with van der Waals surface area (Å²) in [6.07, 6.45) is 2.90. The van der Waals surface area contributed by atoms with E-state index in [1.54, 1.807) is 0 Å². The van der Waals surface area contributed by atoms with Crippen molar-refractivity contribution < 1.29 is 17.2 Å². The van der Waals surface area contributed by atoms with Crippen LogP contribution in [0.3, 0.4) is 0 Å². The van der Waals surface area contributed by atoms with Gasteiger partial charge in [0.15, 0.2) is 5.96 Å². The molecule has 0 amide bonds. The quantitative estimate of drug-likeness (QED) is 0.567. The van der Waals surface area contributed by atoms with Gasteiger partial charge in [0.05, 0.1) is 18.5 Å². The number of benzene rings is 1. The number of nitrogens with zero attached hydrogens (tertiary/aromatic N) is 4. The number of sulfonamides is 1. The van der Waals surface area contributed by atoms with E-state index in [0.29, 0.717) is 45.8 Å². The second kappa shape index (κ2) is 9.25. The number of halogens is 2. The Labute approximate surface area is 171 Å². The van der Waals surface area contributed by atoms with Gasteiger partial charge >= 0.3 is 0 Å². The normalized spacial score (nSPS) is 21.7. The third kappa shape index (κ3) is 5.36. The van der Waals surface area contributed by atoms with Crippen LogP contribution in [-0.2, 0) is 10.0 Å². The van der Waals surface area contributed by atoms with Gasteiger partial charge in [-0.3, -0.25) is 4.99 Å². The van der Waals surface area contributed by atoms with Gasteiger partial charge in [0.2, 0.25) is 10.0 Å². The van der Waals surface area contributed by atoms with E-state index >= 15 is 0 Å². The molecule has 10 heteroatoms. The molecule has 1 aromatic carbocycles. The van der Waals surface area contributed by atoms with Crippen molar-refractivity contribution in [1.29, 1.82) is 0 Å². The highest BCUT2D eigenvalue weighted by molar-refractivity contribution is 7.88. The van der Waals surface area contributed by atoms with Crippen molar-refractivity contribution in [2.45, 2.75) is 25.8 Å². The summed E-state index contributed by atoms with van der Waals surface area (Å²) >= 11 is 0. The number of nitrogens with one attached hydrogen (secondary N) is 1. The van der Waals surface area contributed by atoms with E-state index in [9.17, 15) is 17.2 Å². The van der Waals surface area contributed by atoms with Gasteiger partial charge in [0, 0.05) is 51.4 Å². The molecule has 2 fully saturated rings. The lowest BCUT2D eigenvalue weighted by molar-refractivity contribution is 0.364. The zero-order valence-corrected chi connectivity index (χ0v) is 17.8. The first-order valence-corrected chi connectivity index (χ1v) is 11.8. The fraction of sp³-hybridized carbons (Fsp3) is 0.632. The minimum absolute atomic E-state index is 0.110. The lowest BCUT2D eigenvalue weighted by atomic mass is 10.2. The monoisotopic (exact) mass is 429 g/mol. The van der Waals surface area contributed by atoms with Crippen LogP contribution in [0.15, 0.2) is 23.2 Å². The Morgan fingerprint density at radius 2 is 1.93 bits per heavy atom. The maximum Gasteiger partial charge on any atom is 0.211 e. The topological polar surface area (TPSA) is 68.2 Å². The minimum atomic E-state index is -3.23. The number of hydrogen-bond donors (Lipinski definition) is 1. The first kappa shape index (κ1) is 21.8. The molecule has 3 rings (SSSR count). The fourth-order valence-electron chi connectivity index (χ4n) is 3.93. The van der Waals surface area contributed by atoms with Crippen molar-refractivity contribution in [2.75, 3.05) is 57.0 Å². The van der Waals surface area contributed by atoms with Crippen LogP contribution in [0.5, 0.6) is 0 Å². The maximum absolute atomic E-state index is 14.0. The number of guanidine groups is 1. The Hall–Kier alpha value is -1.94. The standard InChI is InChI=1S/C19H29F2N5O2S/c1-3-22-19(23-14-16-5-4-8-26(16)29(2,27)28)25-11-9-24(10-12-25)18-13-15(20)6-7-17(18)21/h6-7,13,16H,3-5,8-12,14H2,1-2H3,(H,22,23)/t16-/m1/s1. The van der Waals surface area contributed by atoms with Crippen LogP contribution >= 0.6 is 0 Å². The number of hydrogen-bond acceptors (Lipinski definition) is 4. The van der Waals surface area contributed by atoms with Gasteiger partial charge in [0.1, 0.15) is 11.6 Å². The third-order valence-electron chi connectivity index (χ3n) is 5.36. The summed E-state index contributed by atoms with van der Waals surface area (Å²) in [6, 6.07) is 3.39. The number of aliphatic imine (C=N–C) groups is 1. The zero-order valence-electron chi connectivity index (χ0n) is 16.9. The molecule has 0 aromatic heterocycles. The number of anilines is 1. The Morgan fingerprint density at radius 3 is 2.59 bits per heavy atom. The second-order valence-electron chi connectivity index (χ2n) is 7.43. The predicted octanol–water partition coefficient (Wildman–Crippen LogP) is 1.48. The summed E-state index contributed by atoms with van der Waals surface area (Å²) in [6.45, 7) is 5.95. The molecular weight excluding hydrogens is 400 g/mol. The Kier molecular flexibility index (Phi) is 6.94. The lowest BCUT2D eigenvalue weighted by Crippen LogP contribution is -2.53. The van der Waals surface area contributed by atoms with Crippen LogP contribution in [0.1, 0.15) is 19.8 Å². The van der Waals surface area contributed by atoms with Crippen molar-refractivity contribution in [1.82, 2.24) is 14.5 Å². The average Bonchev–Trinajstić information content (AvgIpc) is 3.16. The SMILES string of the molecule is CCNC(=NC[C@H]1CCCN1S(C)(=O)=O)N1CCN(c2cc(F)ccc2F)CC1. The van der Waals surface area contributed by atoms with E-state index in [4.69, 9.17) is 0 Å². The molecule has 0 unspecified atom stereocenters. The largest absolute Gasteiger partial charge is 0.366 e. The predicted molar refractivity (Wildman–Crippen MR) is 111 cm³/mol. The average molecular weight is 430 g/mol. The molecule has 29 heavy (non-hydrogen) atoms. The molecule has 7 nitrogen and oxygen atoms in total. The zero-order chi connectivity index (χ0) is 21.0. The van der Waals surface area contributed by atoms with Crippen LogP contribution in [0.2, 0.25) is 0 Å². The summed E-state index contributed by atoms with van der Waals surface area (Å²) in [5.41, 5.74) is 0.279. The van der Waals surface area contributed by atoms with E-state index in [2.05, 4.69) is 15.2 Å². The van der Waals surface area contributed by atoms with E-state index < -0.39 is 21.7 Å². The summed E-state index contributed by atoms with van der Waals surface area (Å²) in [4.78, 5) is 8.60. The van der Waals surface area contributed by atoms with Gasteiger partial charge in [-0.05, 0) is 31.9 Å². The van der Waals surface area contributed by atoms with Gasteiger partial charge in [-0.25, -0.2) is 17.2 Å². The molecular formula is C19H29F2N5O2S. The highest BCUT2D eigenvalue weighted by Crippen LogP contribution is 2.23. The van der Waals surface area contributed by atoms with Crippen LogP contribution in [0.25, 0.3) is 0 Å². The Balaban J connectivity index is 1.64. The third-order valence-corrected chi connectivity index (χ3v) is 6.70. The summed E-state index contributed by atoms with van der Waals surface area (Å²) in [5.74, 6) is -0.152. The second-order valence-corrected chi connectivity index (χ2v) is 9.37. The van der Waals surface area contributed by atoms with Crippen molar-refractivity contribution in [3.63, 3.8) is 0 Å². The molecule has 2 aliphatic rings. The summed E-state index contributed by atoms with van der Waals surface area (Å²) in [5, 5.41) is 3.26. The molecule has 0 spiro atoms. The van der Waals surface area contributed by atoms with Gasteiger partial charge in [0.25, 0.3) is 0 Å². The molecule has 1 atom stereocenters. The highest BCUT2D eigenvalue weighted by atomic mass is 32.2. The molecule has 0 aliphatic carbocycles. The Bertz CT molecular complexity index is 841. The van der Waals surface area contributed by atoms with E-state index in [1.165, 1.54) is 16.6 Å². The summed E-state index contributed by atoms with van der Waals surface area (Å²) < 4.78 is 52.9. The lowest BCUT2D eigenvalue weighted by Gasteiger charge is -2.38. The van der Waals surface area contributed by atoms with Crippen LogP contribution in [-0.4, -0.2) is 81.7 Å². The smallest absolute Gasteiger partial charge is 0.211 e. The summed E-state index contributed by atoms with van der Waals surface area (Å²) in [7, 11) is -3.23. The van der Waals surface area contributed by atoms with E-state index in [-0.39, 0.29) is 11.7 Å². The molecule has 2 aliphatic heterocycles. The van der Waals surface area contributed by atoms with Gasteiger partial charge < -0.3 is 15.1 Å². The van der Waals surface area contributed by atoms with Gasteiger partial charge in [-0.15, -0.1) is 0 Å². The molecule has 2 saturated heterocycles. The van der Waals surface area contributed by atoms with Gasteiger partial charge in [-0.2, -0.15) is 4.31 Å². The molecule has 0 radical (unpaired) electrons. The number of rotatable bonds is 5. The molecule has 1 N–H and O–H groups in total. The van der Waals surface area contributed by atoms with Crippen LogP contribution in [0.4, 0.5) is 14.5 Å². The van der Waals surface area contributed by atoms with E-state index in [1.807, 2.05) is 11.8 Å². The fourth-order valence-corrected chi connectivity index (χ4v) is 5.11. The first-order valence-electron chi connectivity index (χ1n) is 9.99. The van der Waals surface area contributed by atoms with Crippen molar-refractivity contribution in [3.8, 4) is 0 Å². The highest BCUT2D eigenvalue weighted by Gasteiger charge is 2.31. The van der Waals surface area contributed by atoms with Gasteiger partial charge in [-0.1, -0.05) is 0 Å². The molecule has 0 bridgehead atoms. The van der Waals surface area contributed by atoms with Crippen molar-refractivity contribution in [3.05, 3.63) is 29.8 Å². The van der Waals surface area contributed by atoms with Crippen molar-refractivity contribution >= 4 is 21.7 Å². The van der Waals surface area contributed by atoms with E-state index in [0.717, 1.165) is 30.9 Å². The Morgan fingerprint density at radius 1 is 1.21 bits per heavy atom. The van der Waals surface area contributed by atoms with Crippen LogP contribution < -0.4 is 10.2 Å². The minimum Gasteiger partial charge on any atom is -0.366 e. The van der Waals surface area contributed by atoms with Crippen LogP contribution in [0, 0.1) is 11.6 Å². The number of piperazine rings is 1. The maximum atomic E-state index is 14.0. The molecule has 162 valence electrons. The van der Waals surface area contributed by atoms with Crippen molar-refractivity contribution in [2.24, 2.45) is 4.99 Å². The molecule has 1 aromatic rings. The molecule has 0 saturated carbocycles. The first-order chi connectivity index (χ1) is 13.8.